The van der Waals surface area contributed by atoms with Gasteiger partial charge in [0.1, 0.15) is 0 Å². The second kappa shape index (κ2) is 5.99. The Morgan fingerprint density at radius 3 is 2.31 bits per heavy atom. The van der Waals surface area contributed by atoms with E-state index in [2.05, 4.69) is 31.1 Å². The highest BCUT2D eigenvalue weighted by molar-refractivity contribution is 4.93. The van der Waals surface area contributed by atoms with Gasteiger partial charge in [-0.15, -0.1) is 0 Å². The Balaban J connectivity index is 0.000000606. The minimum atomic E-state index is 0.457. The van der Waals surface area contributed by atoms with Crippen molar-refractivity contribution in [1.29, 1.82) is 0 Å². The summed E-state index contributed by atoms with van der Waals surface area (Å²) >= 11 is 0. The molecule has 1 atom stereocenters. The maximum atomic E-state index is 5.21. The van der Waals surface area contributed by atoms with Crippen LogP contribution in [0.4, 0.5) is 0 Å². The lowest BCUT2D eigenvalue weighted by atomic mass is 9.84. The summed E-state index contributed by atoms with van der Waals surface area (Å²) in [6.07, 6.45) is 1.30. The van der Waals surface area contributed by atoms with Gasteiger partial charge in [0.05, 0.1) is 19.3 Å². The Labute approximate surface area is 101 Å². The number of hydrogen-bond donors (Lipinski definition) is 1. The summed E-state index contributed by atoms with van der Waals surface area (Å²) in [6, 6.07) is 1.31. The maximum absolute atomic E-state index is 5.21. The van der Waals surface area contributed by atoms with Gasteiger partial charge in [-0.1, -0.05) is 27.7 Å². The smallest absolute Gasteiger partial charge is 0.0645 e. The van der Waals surface area contributed by atoms with E-state index < -0.39 is 0 Å². The highest BCUT2D eigenvalue weighted by Gasteiger charge is 2.36. The summed E-state index contributed by atoms with van der Waals surface area (Å²) in [5.74, 6) is 0. The quantitative estimate of drug-likeness (QED) is 0.796. The van der Waals surface area contributed by atoms with Crippen LogP contribution in [0.15, 0.2) is 0 Å². The molecular weight excluding hydrogens is 200 g/mol. The second-order valence-electron chi connectivity index (χ2n) is 5.38. The lowest BCUT2D eigenvalue weighted by Crippen LogP contribution is -2.52. The average molecular weight is 228 g/mol. The molecule has 2 fully saturated rings. The molecule has 2 aliphatic rings. The van der Waals surface area contributed by atoms with E-state index in [1.54, 1.807) is 0 Å². The van der Waals surface area contributed by atoms with Crippen molar-refractivity contribution in [2.75, 3.05) is 33.4 Å². The van der Waals surface area contributed by atoms with E-state index >= 15 is 0 Å². The summed E-state index contributed by atoms with van der Waals surface area (Å²) < 4.78 is 5.21. The highest BCUT2D eigenvalue weighted by Crippen LogP contribution is 2.30. The normalized spacial score (nSPS) is 28.5. The van der Waals surface area contributed by atoms with Crippen LogP contribution in [0.25, 0.3) is 0 Å². The summed E-state index contributed by atoms with van der Waals surface area (Å²) in [5, 5.41) is 3.60. The molecule has 2 rings (SSSR count). The van der Waals surface area contributed by atoms with E-state index in [-0.39, 0.29) is 0 Å². The molecule has 3 heteroatoms. The van der Waals surface area contributed by atoms with Crippen LogP contribution in [0.3, 0.4) is 0 Å². The van der Waals surface area contributed by atoms with Gasteiger partial charge in [-0.05, 0) is 25.4 Å². The third-order valence-electron chi connectivity index (χ3n) is 3.82. The zero-order valence-corrected chi connectivity index (χ0v) is 11.5. The molecule has 0 aromatic rings. The molecule has 0 bridgehead atoms. The summed E-state index contributed by atoms with van der Waals surface area (Å²) in [7, 11) is 2.21. The predicted octanol–water partition coefficient (Wildman–Crippen LogP) is 1.73. The van der Waals surface area contributed by atoms with Gasteiger partial charge in [0.25, 0.3) is 0 Å². The first-order valence-electron chi connectivity index (χ1n) is 6.61. The van der Waals surface area contributed by atoms with E-state index in [9.17, 15) is 0 Å². The second-order valence-corrected chi connectivity index (χ2v) is 5.38. The first kappa shape index (κ1) is 13.9. The van der Waals surface area contributed by atoms with Gasteiger partial charge in [0.15, 0.2) is 0 Å². The number of ether oxygens (including phenoxy) is 1. The van der Waals surface area contributed by atoms with Crippen molar-refractivity contribution in [3.63, 3.8) is 0 Å². The van der Waals surface area contributed by atoms with E-state index in [0.29, 0.717) is 17.5 Å². The Bertz CT molecular complexity index is 202. The van der Waals surface area contributed by atoms with Gasteiger partial charge < -0.3 is 10.1 Å². The fourth-order valence-electron chi connectivity index (χ4n) is 2.25. The van der Waals surface area contributed by atoms with Crippen molar-refractivity contribution in [2.24, 2.45) is 5.41 Å². The lowest BCUT2D eigenvalue weighted by Gasteiger charge is -2.38. The molecule has 1 N–H and O–H groups in total. The lowest BCUT2D eigenvalue weighted by molar-refractivity contribution is -0.0600. The van der Waals surface area contributed by atoms with Crippen LogP contribution in [0.5, 0.6) is 0 Å². The van der Waals surface area contributed by atoms with Gasteiger partial charge in [-0.25, -0.2) is 0 Å². The van der Waals surface area contributed by atoms with Gasteiger partial charge in [-0.3, -0.25) is 4.90 Å². The minimum absolute atomic E-state index is 0.457. The van der Waals surface area contributed by atoms with Gasteiger partial charge in [0, 0.05) is 12.6 Å². The van der Waals surface area contributed by atoms with Gasteiger partial charge in [-0.2, -0.15) is 0 Å². The van der Waals surface area contributed by atoms with E-state index in [0.717, 1.165) is 19.8 Å². The third kappa shape index (κ3) is 3.19. The molecular formula is C13H28N2O. The van der Waals surface area contributed by atoms with E-state index in [1.165, 1.54) is 13.0 Å². The van der Waals surface area contributed by atoms with Crippen LogP contribution in [-0.2, 0) is 4.74 Å². The standard InChI is InChI=1S/C11H22N2O.C2H6/c1-11(2)4-5-12-10(11)6-13(3)9-7-14-8-9;1-2/h9-10,12H,4-8H2,1-3H3;1-2H3. The fourth-order valence-corrected chi connectivity index (χ4v) is 2.25. The molecule has 0 amide bonds. The molecule has 0 spiro atoms. The Hall–Kier alpha value is -0.120. The Morgan fingerprint density at radius 2 is 1.94 bits per heavy atom. The summed E-state index contributed by atoms with van der Waals surface area (Å²) in [6.45, 7) is 12.9. The monoisotopic (exact) mass is 228 g/mol. The van der Waals surface area contributed by atoms with Crippen LogP contribution in [0.1, 0.15) is 34.1 Å². The number of likely N-dealkylation sites (N-methyl/N-ethyl adjacent to an activating group) is 1. The van der Waals surface area contributed by atoms with Crippen molar-refractivity contribution in [1.82, 2.24) is 10.2 Å². The molecule has 1 unspecified atom stereocenters. The Kier molecular flexibility index (Phi) is 5.22. The van der Waals surface area contributed by atoms with E-state index in [1.807, 2.05) is 13.8 Å². The molecule has 16 heavy (non-hydrogen) atoms. The molecule has 0 aromatic carbocycles. The first-order valence-corrected chi connectivity index (χ1v) is 6.61. The number of hydrogen-bond acceptors (Lipinski definition) is 3. The van der Waals surface area contributed by atoms with Crippen LogP contribution in [-0.4, -0.2) is 50.3 Å². The molecule has 0 radical (unpaired) electrons. The molecule has 2 saturated heterocycles. The third-order valence-corrected chi connectivity index (χ3v) is 3.82. The van der Waals surface area contributed by atoms with Crippen molar-refractivity contribution < 1.29 is 4.74 Å². The number of nitrogens with zero attached hydrogens (tertiary/aromatic N) is 1. The first-order chi connectivity index (χ1) is 7.59. The SMILES string of the molecule is CC.CN(CC1NCCC1(C)C)C1COC1. The minimum Gasteiger partial charge on any atom is -0.378 e. The zero-order valence-electron chi connectivity index (χ0n) is 11.5. The fraction of sp³-hybridized carbons (Fsp3) is 1.00. The maximum Gasteiger partial charge on any atom is 0.0645 e. The molecule has 2 heterocycles. The average Bonchev–Trinajstić information content (AvgIpc) is 2.46. The van der Waals surface area contributed by atoms with Gasteiger partial charge >= 0.3 is 0 Å². The molecule has 3 nitrogen and oxygen atoms in total. The van der Waals surface area contributed by atoms with Crippen molar-refractivity contribution in [3.05, 3.63) is 0 Å². The number of rotatable bonds is 3. The van der Waals surface area contributed by atoms with Crippen LogP contribution in [0, 0.1) is 5.41 Å². The molecule has 0 aromatic heterocycles. The molecule has 2 aliphatic heterocycles. The topological polar surface area (TPSA) is 24.5 Å². The van der Waals surface area contributed by atoms with Crippen LogP contribution < -0.4 is 5.32 Å². The molecule has 96 valence electrons. The van der Waals surface area contributed by atoms with Gasteiger partial charge in [0.2, 0.25) is 0 Å². The summed E-state index contributed by atoms with van der Waals surface area (Å²) in [4.78, 5) is 2.44. The van der Waals surface area contributed by atoms with Crippen LogP contribution >= 0.6 is 0 Å². The summed E-state index contributed by atoms with van der Waals surface area (Å²) in [5.41, 5.74) is 0.457. The highest BCUT2D eigenvalue weighted by atomic mass is 16.5. The van der Waals surface area contributed by atoms with Crippen molar-refractivity contribution in [2.45, 2.75) is 46.2 Å². The zero-order chi connectivity index (χ0) is 12.2. The predicted molar refractivity (Wildman–Crippen MR) is 68.8 cm³/mol. The number of nitrogens with one attached hydrogen (secondary N) is 1. The molecule has 0 saturated carbocycles. The Morgan fingerprint density at radius 1 is 1.31 bits per heavy atom. The van der Waals surface area contributed by atoms with Crippen molar-refractivity contribution >= 4 is 0 Å². The largest absolute Gasteiger partial charge is 0.378 e. The molecule has 0 aliphatic carbocycles. The van der Waals surface area contributed by atoms with Crippen LogP contribution in [0.2, 0.25) is 0 Å². The van der Waals surface area contributed by atoms with E-state index in [4.69, 9.17) is 4.74 Å². The van der Waals surface area contributed by atoms with Crippen molar-refractivity contribution in [3.8, 4) is 0 Å².